The Kier molecular flexibility index (Phi) is 21.3. The first-order valence-corrected chi connectivity index (χ1v) is 15.5. The summed E-state index contributed by atoms with van der Waals surface area (Å²) in [5.74, 6) is 0. The zero-order chi connectivity index (χ0) is 23.8. The predicted molar refractivity (Wildman–Crippen MR) is 150 cm³/mol. The molecule has 0 aromatic rings. The van der Waals surface area contributed by atoms with Gasteiger partial charge in [-0.25, -0.2) is 0 Å². The van der Waals surface area contributed by atoms with Crippen LogP contribution in [0.25, 0.3) is 0 Å². The normalized spacial score (nSPS) is 15.8. The molecule has 2 nitrogen and oxygen atoms in total. The minimum absolute atomic E-state index is 0.643. The molecular weight excluding hydrogens is 400 g/mol. The Morgan fingerprint density at radius 2 is 0.727 bits per heavy atom. The van der Waals surface area contributed by atoms with Crippen molar-refractivity contribution in [1.82, 2.24) is 9.80 Å². The van der Waals surface area contributed by atoms with Gasteiger partial charge in [-0.3, -0.25) is 0 Å². The average molecular weight is 463 g/mol. The lowest BCUT2D eigenvalue weighted by molar-refractivity contribution is 0.136. The van der Waals surface area contributed by atoms with Crippen LogP contribution in [0.3, 0.4) is 0 Å². The molecule has 1 atom stereocenters. The number of hydrogen-bond donors (Lipinski definition) is 0. The zero-order valence-corrected chi connectivity index (χ0v) is 23.3. The lowest BCUT2D eigenvalue weighted by Gasteiger charge is -2.33. The summed E-state index contributed by atoms with van der Waals surface area (Å²) in [5.41, 5.74) is 0. The van der Waals surface area contributed by atoms with Crippen LogP contribution in [0.1, 0.15) is 168 Å². The van der Waals surface area contributed by atoms with E-state index in [2.05, 4.69) is 43.0 Å². The molecule has 0 aromatic heterocycles. The molecule has 0 radical (unpaired) electrons. The summed E-state index contributed by atoms with van der Waals surface area (Å²) in [6.45, 7) is 9.43. The molecule has 0 spiro atoms. The van der Waals surface area contributed by atoms with Gasteiger partial charge in [0.1, 0.15) is 6.17 Å². The van der Waals surface area contributed by atoms with Gasteiger partial charge in [0.2, 0.25) is 0 Å². The van der Waals surface area contributed by atoms with E-state index >= 15 is 0 Å². The van der Waals surface area contributed by atoms with Gasteiger partial charge in [-0.05, 0) is 25.7 Å². The maximum Gasteiger partial charge on any atom is 0.101 e. The third kappa shape index (κ3) is 16.6. The second-order valence-electron chi connectivity index (χ2n) is 10.8. The van der Waals surface area contributed by atoms with Gasteiger partial charge in [-0.2, -0.15) is 0 Å². The second kappa shape index (κ2) is 23.1. The molecule has 1 unspecified atom stereocenters. The highest BCUT2D eigenvalue weighted by Gasteiger charge is 2.24. The van der Waals surface area contributed by atoms with Crippen molar-refractivity contribution in [2.24, 2.45) is 0 Å². The molecule has 0 fully saturated rings. The van der Waals surface area contributed by atoms with Crippen LogP contribution in [0.5, 0.6) is 0 Å². The van der Waals surface area contributed by atoms with Gasteiger partial charge >= 0.3 is 0 Å². The smallest absolute Gasteiger partial charge is 0.101 e. The fourth-order valence-corrected chi connectivity index (χ4v) is 5.28. The van der Waals surface area contributed by atoms with Crippen LogP contribution in [0, 0.1) is 0 Å². The van der Waals surface area contributed by atoms with Crippen molar-refractivity contribution in [1.29, 1.82) is 0 Å². The van der Waals surface area contributed by atoms with Crippen LogP contribution in [-0.2, 0) is 0 Å². The Hall–Kier alpha value is -0.660. The fraction of sp³-hybridized carbons (Fsp3) is 0.935. The molecule has 0 amide bonds. The summed E-state index contributed by atoms with van der Waals surface area (Å²) in [6, 6.07) is 0. The molecule has 33 heavy (non-hydrogen) atoms. The van der Waals surface area contributed by atoms with E-state index in [9.17, 15) is 0 Å². The van der Waals surface area contributed by atoms with Gasteiger partial charge in [0.15, 0.2) is 0 Å². The van der Waals surface area contributed by atoms with Crippen molar-refractivity contribution >= 4 is 0 Å². The number of unbranched alkanes of at least 4 members (excludes halogenated alkanes) is 19. The van der Waals surface area contributed by atoms with Gasteiger partial charge < -0.3 is 9.80 Å². The first-order valence-electron chi connectivity index (χ1n) is 15.5. The highest BCUT2D eigenvalue weighted by molar-refractivity contribution is 4.96. The predicted octanol–water partition coefficient (Wildman–Crippen LogP) is 10.4. The molecule has 0 aliphatic carbocycles. The van der Waals surface area contributed by atoms with Crippen molar-refractivity contribution < 1.29 is 0 Å². The van der Waals surface area contributed by atoms with E-state index in [1.807, 2.05) is 0 Å². The number of rotatable bonds is 25. The van der Waals surface area contributed by atoms with Crippen LogP contribution >= 0.6 is 0 Å². The van der Waals surface area contributed by atoms with Gasteiger partial charge in [0, 0.05) is 25.5 Å². The van der Waals surface area contributed by atoms with Crippen LogP contribution in [0.4, 0.5) is 0 Å². The lowest BCUT2D eigenvalue weighted by Crippen LogP contribution is -2.39. The van der Waals surface area contributed by atoms with Crippen molar-refractivity contribution in [3.63, 3.8) is 0 Å². The molecule has 196 valence electrons. The number of nitrogens with zero attached hydrogens (tertiary/aromatic N) is 2. The monoisotopic (exact) mass is 462 g/mol. The third-order valence-electron chi connectivity index (χ3n) is 7.57. The van der Waals surface area contributed by atoms with E-state index in [0.717, 1.165) is 0 Å². The van der Waals surface area contributed by atoms with Gasteiger partial charge in [0.25, 0.3) is 0 Å². The van der Waals surface area contributed by atoms with Crippen LogP contribution in [0.15, 0.2) is 12.4 Å². The Morgan fingerprint density at radius 3 is 1.15 bits per heavy atom. The molecule has 0 saturated carbocycles. The van der Waals surface area contributed by atoms with E-state index in [-0.39, 0.29) is 0 Å². The zero-order valence-electron chi connectivity index (χ0n) is 23.3. The van der Waals surface area contributed by atoms with Gasteiger partial charge in [-0.1, -0.05) is 143 Å². The summed E-state index contributed by atoms with van der Waals surface area (Å²) in [4.78, 5) is 5.32. The Bertz CT molecular complexity index is 419. The lowest BCUT2D eigenvalue weighted by atomic mass is 10.0. The molecule has 0 aromatic carbocycles. The molecule has 0 saturated heterocycles. The molecule has 1 heterocycles. The fourth-order valence-electron chi connectivity index (χ4n) is 5.28. The van der Waals surface area contributed by atoms with E-state index < -0.39 is 0 Å². The Morgan fingerprint density at radius 1 is 0.394 bits per heavy atom. The second-order valence-corrected chi connectivity index (χ2v) is 10.8. The SMILES string of the molecule is CCCCCCCCCCCCCC1N(CCCC)C=CN1CCCCCCCCCCC. The first kappa shape index (κ1) is 30.4. The highest BCUT2D eigenvalue weighted by Crippen LogP contribution is 2.23. The van der Waals surface area contributed by atoms with Crippen LogP contribution in [0.2, 0.25) is 0 Å². The minimum Gasteiger partial charge on any atom is -0.356 e. The average Bonchev–Trinajstić information content (AvgIpc) is 3.21. The quantitative estimate of drug-likeness (QED) is 0.124. The summed E-state index contributed by atoms with van der Waals surface area (Å²) < 4.78 is 0. The Labute approximate surface area is 210 Å². The maximum atomic E-state index is 2.67. The largest absolute Gasteiger partial charge is 0.356 e. The highest BCUT2D eigenvalue weighted by atomic mass is 15.4. The molecule has 1 rings (SSSR count). The van der Waals surface area contributed by atoms with Crippen molar-refractivity contribution in [2.75, 3.05) is 13.1 Å². The molecular formula is C31H62N2. The van der Waals surface area contributed by atoms with Crippen molar-refractivity contribution in [2.45, 2.75) is 175 Å². The summed E-state index contributed by atoms with van der Waals surface area (Å²) in [5, 5.41) is 0. The van der Waals surface area contributed by atoms with E-state index in [0.29, 0.717) is 6.17 Å². The van der Waals surface area contributed by atoms with Gasteiger partial charge in [0.05, 0.1) is 0 Å². The molecule has 2 heteroatoms. The first-order chi connectivity index (χ1) is 16.3. The van der Waals surface area contributed by atoms with Crippen LogP contribution in [-0.4, -0.2) is 29.1 Å². The molecule has 0 N–H and O–H groups in total. The molecule has 1 aliphatic heterocycles. The summed E-state index contributed by atoms with van der Waals surface area (Å²) >= 11 is 0. The number of hydrogen-bond acceptors (Lipinski definition) is 2. The Balaban J connectivity index is 2.13. The summed E-state index contributed by atoms with van der Waals surface area (Å²) in [6.07, 6.45) is 38.1. The van der Waals surface area contributed by atoms with Gasteiger partial charge in [-0.15, -0.1) is 0 Å². The van der Waals surface area contributed by atoms with E-state index in [1.54, 1.807) is 0 Å². The molecule has 1 aliphatic rings. The topological polar surface area (TPSA) is 6.48 Å². The van der Waals surface area contributed by atoms with E-state index in [1.165, 1.54) is 161 Å². The minimum atomic E-state index is 0.643. The van der Waals surface area contributed by atoms with Crippen molar-refractivity contribution in [3.8, 4) is 0 Å². The van der Waals surface area contributed by atoms with Crippen molar-refractivity contribution in [3.05, 3.63) is 12.4 Å². The van der Waals surface area contributed by atoms with E-state index in [4.69, 9.17) is 0 Å². The maximum absolute atomic E-state index is 2.67. The van der Waals surface area contributed by atoms with Crippen LogP contribution < -0.4 is 0 Å². The standard InChI is InChI=1S/C31H62N2/c1-4-7-10-12-14-16-17-18-20-22-24-26-31-32(27-9-6-3)29-30-33(31)28-25-23-21-19-15-13-11-8-5-2/h29-31H,4-28H2,1-3H3. The third-order valence-corrected chi connectivity index (χ3v) is 7.57. The summed E-state index contributed by atoms with van der Waals surface area (Å²) in [7, 11) is 0. The molecule has 0 bridgehead atoms.